The molecule has 0 saturated heterocycles. The van der Waals surface area contributed by atoms with Gasteiger partial charge >= 0.3 is 0 Å². The molecule has 3 rings (SSSR count). The van der Waals surface area contributed by atoms with Gasteiger partial charge in [-0.15, -0.1) is 11.8 Å². The topological polar surface area (TPSA) is 12.0 Å². The zero-order valence-corrected chi connectivity index (χ0v) is 13.3. The van der Waals surface area contributed by atoms with Gasteiger partial charge in [-0.05, 0) is 55.3 Å². The molecule has 1 nitrogen and oxygen atoms in total. The Morgan fingerprint density at radius 3 is 2.90 bits per heavy atom. The van der Waals surface area contributed by atoms with Crippen LogP contribution in [0, 0.1) is 5.82 Å². The van der Waals surface area contributed by atoms with Crippen LogP contribution < -0.4 is 5.32 Å². The summed E-state index contributed by atoms with van der Waals surface area (Å²) in [5.41, 5.74) is 2.27. The zero-order chi connectivity index (χ0) is 14.8. The maximum atomic E-state index is 13.4. The minimum absolute atomic E-state index is 0.230. The van der Waals surface area contributed by atoms with Crippen molar-refractivity contribution < 1.29 is 4.39 Å². The van der Waals surface area contributed by atoms with Gasteiger partial charge in [0, 0.05) is 21.2 Å². The van der Waals surface area contributed by atoms with Gasteiger partial charge in [0.1, 0.15) is 5.82 Å². The molecule has 0 fully saturated rings. The monoisotopic (exact) mass is 321 g/mol. The Balaban J connectivity index is 1.76. The van der Waals surface area contributed by atoms with Gasteiger partial charge in [-0.2, -0.15) is 0 Å². The Kier molecular flexibility index (Phi) is 4.53. The van der Waals surface area contributed by atoms with Gasteiger partial charge < -0.3 is 5.32 Å². The van der Waals surface area contributed by atoms with Gasteiger partial charge in [-0.25, -0.2) is 4.39 Å². The number of fused-ring (bicyclic) bond motifs is 1. The van der Waals surface area contributed by atoms with E-state index in [1.165, 1.54) is 16.5 Å². The predicted octanol–water partition coefficient (Wildman–Crippen LogP) is 4.33. The standard InChI is InChI=1S/C17H17ClFNS/c1-20-15(9-12-8-13(19)6-7-14(12)18)17-10-11-4-2-3-5-16(11)21-17/h2-8,15,17,20H,9-10H2,1H3. The van der Waals surface area contributed by atoms with E-state index in [4.69, 9.17) is 11.6 Å². The van der Waals surface area contributed by atoms with Crippen LogP contribution in [0.4, 0.5) is 4.39 Å². The second-order valence-electron chi connectivity index (χ2n) is 5.30. The van der Waals surface area contributed by atoms with Crippen molar-refractivity contribution in [2.75, 3.05) is 7.05 Å². The summed E-state index contributed by atoms with van der Waals surface area (Å²) >= 11 is 8.09. The molecule has 2 aromatic carbocycles. The van der Waals surface area contributed by atoms with E-state index in [1.807, 2.05) is 18.8 Å². The van der Waals surface area contributed by atoms with Crippen LogP contribution in [0.3, 0.4) is 0 Å². The van der Waals surface area contributed by atoms with Crippen molar-refractivity contribution in [3.8, 4) is 0 Å². The molecule has 110 valence electrons. The third-order valence-electron chi connectivity index (χ3n) is 3.94. The number of hydrogen-bond donors (Lipinski definition) is 1. The van der Waals surface area contributed by atoms with Gasteiger partial charge in [0.15, 0.2) is 0 Å². The van der Waals surface area contributed by atoms with Crippen LogP contribution in [-0.2, 0) is 12.8 Å². The number of benzene rings is 2. The molecule has 2 atom stereocenters. The van der Waals surface area contributed by atoms with Crippen molar-refractivity contribution in [1.82, 2.24) is 5.32 Å². The smallest absolute Gasteiger partial charge is 0.123 e. The molecule has 0 radical (unpaired) electrons. The summed E-state index contributed by atoms with van der Waals surface area (Å²) < 4.78 is 13.4. The number of thioether (sulfide) groups is 1. The Morgan fingerprint density at radius 1 is 1.33 bits per heavy atom. The van der Waals surface area contributed by atoms with Crippen molar-refractivity contribution in [2.45, 2.75) is 29.0 Å². The molecule has 0 amide bonds. The average Bonchev–Trinajstić information content (AvgIpc) is 2.91. The lowest BCUT2D eigenvalue weighted by atomic mass is 9.99. The highest BCUT2D eigenvalue weighted by Gasteiger charge is 2.29. The molecule has 0 aliphatic carbocycles. The van der Waals surface area contributed by atoms with E-state index < -0.39 is 0 Å². The lowest BCUT2D eigenvalue weighted by Crippen LogP contribution is -2.37. The maximum Gasteiger partial charge on any atom is 0.123 e. The Bertz CT molecular complexity index is 621. The molecule has 1 aliphatic rings. The Morgan fingerprint density at radius 2 is 2.14 bits per heavy atom. The summed E-state index contributed by atoms with van der Waals surface area (Å²) in [7, 11) is 1.96. The van der Waals surface area contributed by atoms with Crippen molar-refractivity contribution in [1.29, 1.82) is 0 Å². The normalized spacial score (nSPS) is 18.5. The second kappa shape index (κ2) is 6.39. The molecule has 21 heavy (non-hydrogen) atoms. The Hall–Kier alpha value is -1.03. The SMILES string of the molecule is CNC(Cc1cc(F)ccc1Cl)C1Cc2ccccc2S1. The number of hydrogen-bond acceptors (Lipinski definition) is 2. The molecule has 2 aromatic rings. The highest BCUT2D eigenvalue weighted by molar-refractivity contribution is 8.00. The van der Waals surface area contributed by atoms with E-state index in [2.05, 4.69) is 29.6 Å². The molecule has 4 heteroatoms. The molecule has 0 spiro atoms. The first-order chi connectivity index (χ1) is 10.2. The average molecular weight is 322 g/mol. The van der Waals surface area contributed by atoms with Crippen molar-refractivity contribution in [3.05, 3.63) is 64.4 Å². The molecule has 1 N–H and O–H groups in total. The minimum atomic E-state index is -0.230. The first kappa shape index (κ1) is 14.9. The van der Waals surface area contributed by atoms with Gasteiger partial charge in [0.25, 0.3) is 0 Å². The van der Waals surface area contributed by atoms with Crippen molar-refractivity contribution in [2.24, 2.45) is 0 Å². The molecule has 1 aliphatic heterocycles. The lowest BCUT2D eigenvalue weighted by molar-refractivity contribution is 0.534. The third-order valence-corrected chi connectivity index (χ3v) is 5.76. The maximum absolute atomic E-state index is 13.4. The van der Waals surface area contributed by atoms with Gasteiger partial charge in [0.05, 0.1) is 0 Å². The highest BCUT2D eigenvalue weighted by Crippen LogP contribution is 2.39. The third kappa shape index (κ3) is 3.25. The van der Waals surface area contributed by atoms with E-state index >= 15 is 0 Å². The predicted molar refractivity (Wildman–Crippen MR) is 87.8 cm³/mol. The summed E-state index contributed by atoms with van der Waals surface area (Å²) in [6.45, 7) is 0. The van der Waals surface area contributed by atoms with E-state index in [9.17, 15) is 4.39 Å². The fraction of sp³-hybridized carbons (Fsp3) is 0.294. The summed E-state index contributed by atoms with van der Waals surface area (Å²) in [5, 5.41) is 4.46. The molecular weight excluding hydrogens is 305 g/mol. The fourth-order valence-electron chi connectivity index (χ4n) is 2.79. The number of halogens is 2. The molecule has 1 heterocycles. The van der Waals surface area contributed by atoms with Gasteiger partial charge in [0.2, 0.25) is 0 Å². The van der Waals surface area contributed by atoms with Crippen LogP contribution in [0.15, 0.2) is 47.4 Å². The van der Waals surface area contributed by atoms with E-state index in [-0.39, 0.29) is 11.9 Å². The summed E-state index contributed by atoms with van der Waals surface area (Å²) in [6.07, 6.45) is 1.78. The van der Waals surface area contributed by atoms with Crippen LogP contribution in [0.2, 0.25) is 5.02 Å². The quantitative estimate of drug-likeness (QED) is 0.899. The van der Waals surface area contributed by atoms with Crippen LogP contribution in [0.5, 0.6) is 0 Å². The lowest BCUT2D eigenvalue weighted by Gasteiger charge is -2.23. The summed E-state index contributed by atoms with van der Waals surface area (Å²) in [5.74, 6) is -0.230. The fourth-order valence-corrected chi connectivity index (χ4v) is 4.43. The van der Waals surface area contributed by atoms with Crippen molar-refractivity contribution in [3.63, 3.8) is 0 Å². The van der Waals surface area contributed by atoms with Crippen LogP contribution in [-0.4, -0.2) is 18.3 Å². The van der Waals surface area contributed by atoms with Crippen LogP contribution in [0.1, 0.15) is 11.1 Å². The number of likely N-dealkylation sites (N-methyl/N-ethyl adjacent to an activating group) is 1. The van der Waals surface area contributed by atoms with E-state index in [0.717, 1.165) is 18.4 Å². The number of nitrogens with one attached hydrogen (secondary N) is 1. The Labute approximate surface area is 133 Å². The van der Waals surface area contributed by atoms with Crippen molar-refractivity contribution >= 4 is 23.4 Å². The van der Waals surface area contributed by atoms with E-state index in [0.29, 0.717) is 10.3 Å². The number of rotatable bonds is 4. The first-order valence-electron chi connectivity index (χ1n) is 7.03. The van der Waals surface area contributed by atoms with Gasteiger partial charge in [-0.3, -0.25) is 0 Å². The van der Waals surface area contributed by atoms with Gasteiger partial charge in [-0.1, -0.05) is 29.8 Å². The molecular formula is C17H17ClFNS. The molecule has 2 unspecified atom stereocenters. The molecule has 0 bridgehead atoms. The molecule has 0 aromatic heterocycles. The highest BCUT2D eigenvalue weighted by atomic mass is 35.5. The van der Waals surface area contributed by atoms with Crippen LogP contribution in [0.25, 0.3) is 0 Å². The molecule has 0 saturated carbocycles. The largest absolute Gasteiger partial charge is 0.316 e. The summed E-state index contributed by atoms with van der Waals surface area (Å²) in [4.78, 5) is 1.35. The zero-order valence-electron chi connectivity index (χ0n) is 11.8. The second-order valence-corrected chi connectivity index (χ2v) is 6.99. The van der Waals surface area contributed by atoms with Crippen LogP contribution >= 0.6 is 23.4 Å². The summed E-state index contributed by atoms with van der Waals surface area (Å²) in [6, 6.07) is 13.4. The first-order valence-corrected chi connectivity index (χ1v) is 8.29. The minimum Gasteiger partial charge on any atom is -0.316 e. The van der Waals surface area contributed by atoms with E-state index in [1.54, 1.807) is 12.1 Å².